The van der Waals surface area contributed by atoms with Crippen molar-refractivity contribution in [3.63, 3.8) is 0 Å². The van der Waals surface area contributed by atoms with Crippen LogP contribution in [0.25, 0.3) is 11.0 Å². The lowest BCUT2D eigenvalue weighted by Crippen LogP contribution is -2.41. The molecule has 0 amide bonds. The Labute approximate surface area is 199 Å². The fraction of sp³-hybridized carbons (Fsp3) is 0.500. The van der Waals surface area contributed by atoms with Gasteiger partial charge in [-0.05, 0) is 69.8 Å². The SMILES string of the molecule is O=c1ccc2cnc(N(c3ccccc3)C3CCNCC3)nc2n1CCCOC1CCCCO1. The number of piperidine rings is 1. The Bertz CT molecular complexity index is 1120. The number of nitrogens with one attached hydrogen (secondary N) is 1. The van der Waals surface area contributed by atoms with Gasteiger partial charge < -0.3 is 19.7 Å². The van der Waals surface area contributed by atoms with Crippen LogP contribution in [0, 0.1) is 0 Å². The number of hydrogen-bond donors (Lipinski definition) is 1. The summed E-state index contributed by atoms with van der Waals surface area (Å²) < 4.78 is 13.3. The summed E-state index contributed by atoms with van der Waals surface area (Å²) in [6.07, 6.45) is 7.64. The van der Waals surface area contributed by atoms with E-state index < -0.39 is 0 Å². The Morgan fingerprint density at radius 1 is 1.09 bits per heavy atom. The van der Waals surface area contributed by atoms with Crippen molar-refractivity contribution in [2.24, 2.45) is 0 Å². The van der Waals surface area contributed by atoms with Crippen molar-refractivity contribution in [3.8, 4) is 0 Å². The molecular weight excluding hydrogens is 430 g/mol. The van der Waals surface area contributed by atoms with Gasteiger partial charge in [-0.2, -0.15) is 4.98 Å². The van der Waals surface area contributed by atoms with Crippen LogP contribution in [-0.2, 0) is 16.0 Å². The van der Waals surface area contributed by atoms with Gasteiger partial charge >= 0.3 is 0 Å². The van der Waals surface area contributed by atoms with Gasteiger partial charge in [-0.1, -0.05) is 18.2 Å². The molecule has 2 saturated heterocycles. The van der Waals surface area contributed by atoms with E-state index >= 15 is 0 Å². The van der Waals surface area contributed by atoms with Crippen LogP contribution in [0.2, 0.25) is 0 Å². The fourth-order valence-corrected chi connectivity index (χ4v) is 4.82. The van der Waals surface area contributed by atoms with Crippen molar-refractivity contribution in [2.75, 3.05) is 31.2 Å². The van der Waals surface area contributed by atoms with Gasteiger partial charge in [0.05, 0.1) is 6.61 Å². The molecule has 0 radical (unpaired) electrons. The van der Waals surface area contributed by atoms with Gasteiger partial charge in [0.25, 0.3) is 5.56 Å². The topological polar surface area (TPSA) is 81.5 Å². The van der Waals surface area contributed by atoms with Gasteiger partial charge in [0.1, 0.15) is 5.65 Å². The molecule has 0 saturated carbocycles. The van der Waals surface area contributed by atoms with Crippen LogP contribution in [0.4, 0.5) is 11.6 Å². The van der Waals surface area contributed by atoms with Gasteiger partial charge in [-0.15, -0.1) is 0 Å². The standard InChI is InChI=1S/C26H33N5O3/c32-23-11-10-20-19-28-26(31(21-7-2-1-3-8-21)22-12-14-27-15-13-22)29-25(20)30(23)16-6-18-34-24-9-4-5-17-33-24/h1-3,7-8,10-11,19,22,24,27H,4-6,9,12-18H2. The minimum absolute atomic E-state index is 0.0563. The highest BCUT2D eigenvalue weighted by Gasteiger charge is 2.25. The first-order valence-electron chi connectivity index (χ1n) is 12.4. The molecule has 1 aromatic carbocycles. The van der Waals surface area contributed by atoms with Gasteiger partial charge in [-0.25, -0.2) is 4.98 Å². The van der Waals surface area contributed by atoms with Crippen LogP contribution in [0.1, 0.15) is 38.5 Å². The summed E-state index contributed by atoms with van der Waals surface area (Å²) in [5.74, 6) is 0.636. The summed E-state index contributed by atoms with van der Waals surface area (Å²) in [7, 11) is 0. The van der Waals surface area contributed by atoms with E-state index in [-0.39, 0.29) is 11.8 Å². The largest absolute Gasteiger partial charge is 0.353 e. The lowest BCUT2D eigenvalue weighted by atomic mass is 10.0. The Morgan fingerprint density at radius 2 is 1.94 bits per heavy atom. The van der Waals surface area contributed by atoms with Crippen LogP contribution in [-0.4, -0.2) is 53.2 Å². The molecule has 1 atom stereocenters. The van der Waals surface area contributed by atoms with E-state index in [2.05, 4.69) is 22.3 Å². The third kappa shape index (κ3) is 5.29. The van der Waals surface area contributed by atoms with Gasteiger partial charge in [0.15, 0.2) is 6.29 Å². The van der Waals surface area contributed by atoms with E-state index in [1.807, 2.05) is 30.5 Å². The molecular formula is C26H33N5O3. The smallest absolute Gasteiger partial charge is 0.252 e. The Morgan fingerprint density at radius 3 is 2.74 bits per heavy atom. The predicted octanol–water partition coefficient (Wildman–Crippen LogP) is 3.61. The van der Waals surface area contributed by atoms with Crippen LogP contribution in [0.5, 0.6) is 0 Å². The number of rotatable bonds is 8. The first kappa shape index (κ1) is 23.0. The number of pyridine rings is 1. The van der Waals surface area contributed by atoms with E-state index in [1.54, 1.807) is 10.6 Å². The van der Waals surface area contributed by atoms with Crippen molar-refractivity contribution in [1.82, 2.24) is 19.9 Å². The number of hydrogen-bond acceptors (Lipinski definition) is 7. The normalized spacial score (nSPS) is 19.4. The number of fused-ring (bicyclic) bond motifs is 1. The highest BCUT2D eigenvalue weighted by atomic mass is 16.7. The maximum Gasteiger partial charge on any atom is 0.252 e. The summed E-state index contributed by atoms with van der Waals surface area (Å²) in [5.41, 5.74) is 1.68. The third-order valence-electron chi connectivity index (χ3n) is 6.60. The summed E-state index contributed by atoms with van der Waals surface area (Å²) >= 11 is 0. The molecule has 8 nitrogen and oxygen atoms in total. The molecule has 180 valence electrons. The zero-order valence-electron chi connectivity index (χ0n) is 19.6. The van der Waals surface area contributed by atoms with E-state index in [9.17, 15) is 4.79 Å². The first-order chi connectivity index (χ1) is 16.8. The molecule has 8 heteroatoms. The lowest BCUT2D eigenvalue weighted by molar-refractivity contribution is -0.163. The molecule has 0 spiro atoms. The highest BCUT2D eigenvalue weighted by molar-refractivity contribution is 5.76. The van der Waals surface area contributed by atoms with Crippen molar-refractivity contribution in [3.05, 3.63) is 59.0 Å². The summed E-state index contributed by atoms with van der Waals surface area (Å²) in [4.78, 5) is 24.7. The van der Waals surface area contributed by atoms with Crippen LogP contribution >= 0.6 is 0 Å². The quantitative estimate of drug-likeness (QED) is 0.511. The number of nitrogens with zero attached hydrogens (tertiary/aromatic N) is 4. The third-order valence-corrected chi connectivity index (χ3v) is 6.60. The number of anilines is 2. The number of para-hydroxylation sites is 1. The first-order valence-corrected chi connectivity index (χ1v) is 12.4. The lowest BCUT2D eigenvalue weighted by Gasteiger charge is -2.34. The molecule has 0 bridgehead atoms. The van der Waals surface area contributed by atoms with E-state index in [4.69, 9.17) is 19.4 Å². The van der Waals surface area contributed by atoms with Crippen molar-refractivity contribution in [2.45, 2.75) is 57.4 Å². The number of ether oxygens (including phenoxy) is 2. The molecule has 3 aromatic rings. The van der Waals surface area contributed by atoms with Crippen molar-refractivity contribution in [1.29, 1.82) is 0 Å². The molecule has 2 fully saturated rings. The molecule has 0 aliphatic carbocycles. The Balaban J connectivity index is 1.41. The molecule has 1 unspecified atom stereocenters. The Kier molecular flexibility index (Phi) is 7.48. The summed E-state index contributed by atoms with van der Waals surface area (Å²) in [6, 6.07) is 14.0. The highest BCUT2D eigenvalue weighted by Crippen LogP contribution is 2.29. The van der Waals surface area contributed by atoms with Crippen molar-refractivity contribution >= 4 is 22.7 Å². The predicted molar refractivity (Wildman–Crippen MR) is 132 cm³/mol. The number of benzene rings is 1. The summed E-state index contributed by atoms with van der Waals surface area (Å²) in [5, 5.41) is 4.30. The maximum atomic E-state index is 12.8. The zero-order chi connectivity index (χ0) is 23.2. The van der Waals surface area contributed by atoms with Crippen LogP contribution in [0.3, 0.4) is 0 Å². The van der Waals surface area contributed by atoms with E-state index in [0.29, 0.717) is 30.8 Å². The minimum atomic E-state index is -0.115. The minimum Gasteiger partial charge on any atom is -0.353 e. The maximum absolute atomic E-state index is 12.8. The van der Waals surface area contributed by atoms with Crippen LogP contribution in [0.15, 0.2) is 53.5 Å². The Hall–Kier alpha value is -2.81. The number of aryl methyl sites for hydroxylation is 1. The van der Waals surface area contributed by atoms with Gasteiger partial charge in [0.2, 0.25) is 5.95 Å². The molecule has 34 heavy (non-hydrogen) atoms. The fourth-order valence-electron chi connectivity index (χ4n) is 4.82. The average Bonchev–Trinajstić information content (AvgIpc) is 2.90. The monoisotopic (exact) mass is 463 g/mol. The molecule has 5 rings (SSSR count). The van der Waals surface area contributed by atoms with Crippen LogP contribution < -0.4 is 15.8 Å². The second-order valence-corrected chi connectivity index (χ2v) is 8.98. The zero-order valence-corrected chi connectivity index (χ0v) is 19.6. The van der Waals surface area contributed by atoms with E-state index in [0.717, 1.165) is 69.3 Å². The molecule has 2 aliphatic rings. The second kappa shape index (κ2) is 11.1. The molecule has 2 aromatic heterocycles. The van der Waals surface area contributed by atoms with E-state index in [1.165, 1.54) is 0 Å². The average molecular weight is 464 g/mol. The number of aromatic nitrogens is 3. The second-order valence-electron chi connectivity index (χ2n) is 8.98. The molecule has 1 N–H and O–H groups in total. The van der Waals surface area contributed by atoms with Gasteiger partial charge in [0, 0.05) is 42.5 Å². The molecule has 2 aliphatic heterocycles. The van der Waals surface area contributed by atoms with Crippen molar-refractivity contribution < 1.29 is 9.47 Å². The summed E-state index contributed by atoms with van der Waals surface area (Å²) in [6.45, 7) is 3.80. The van der Waals surface area contributed by atoms with Gasteiger partial charge in [-0.3, -0.25) is 9.36 Å². The molecule has 4 heterocycles.